The number of aromatic nitrogens is 1. The Kier molecular flexibility index (Phi) is 6.37. The molecule has 24 heavy (non-hydrogen) atoms. The SMILES string of the molecule is Cc1ccc(-c2nc(CNCCCN3CCC(O)CC3)cs2)cc1. The molecule has 0 atom stereocenters. The number of aryl methyl sites for hydroxylation is 1. The third-order valence-electron chi connectivity index (χ3n) is 4.54. The van der Waals surface area contributed by atoms with Crippen LogP contribution in [0.25, 0.3) is 10.6 Å². The Bertz CT molecular complexity index is 618. The maximum absolute atomic E-state index is 9.52. The van der Waals surface area contributed by atoms with Crippen LogP contribution in [0, 0.1) is 6.92 Å². The molecule has 0 spiro atoms. The van der Waals surface area contributed by atoms with E-state index in [4.69, 9.17) is 4.98 Å². The highest BCUT2D eigenvalue weighted by Gasteiger charge is 2.15. The Labute approximate surface area is 148 Å². The van der Waals surface area contributed by atoms with Crippen LogP contribution in [-0.4, -0.2) is 47.3 Å². The lowest BCUT2D eigenvalue weighted by molar-refractivity contribution is 0.0821. The van der Waals surface area contributed by atoms with Crippen molar-refractivity contribution in [3.8, 4) is 10.6 Å². The maximum Gasteiger partial charge on any atom is 0.123 e. The second-order valence-corrected chi connectivity index (χ2v) is 7.47. The lowest BCUT2D eigenvalue weighted by atomic mass is 10.1. The van der Waals surface area contributed by atoms with Crippen LogP contribution >= 0.6 is 11.3 Å². The van der Waals surface area contributed by atoms with Gasteiger partial charge in [-0.15, -0.1) is 11.3 Å². The molecule has 1 saturated heterocycles. The fourth-order valence-corrected chi connectivity index (χ4v) is 3.83. The predicted molar refractivity (Wildman–Crippen MR) is 100 cm³/mol. The summed E-state index contributed by atoms with van der Waals surface area (Å²) in [5.74, 6) is 0. The maximum atomic E-state index is 9.52. The van der Waals surface area contributed by atoms with Crippen molar-refractivity contribution in [3.63, 3.8) is 0 Å². The zero-order chi connectivity index (χ0) is 16.8. The molecule has 0 aliphatic carbocycles. The van der Waals surface area contributed by atoms with E-state index in [9.17, 15) is 5.11 Å². The second kappa shape index (κ2) is 8.72. The Morgan fingerprint density at radius 2 is 2.00 bits per heavy atom. The summed E-state index contributed by atoms with van der Waals surface area (Å²) in [6.07, 6.45) is 2.92. The monoisotopic (exact) mass is 345 g/mol. The van der Waals surface area contributed by atoms with Gasteiger partial charge < -0.3 is 15.3 Å². The highest BCUT2D eigenvalue weighted by molar-refractivity contribution is 7.13. The molecule has 1 aliphatic heterocycles. The van der Waals surface area contributed by atoms with Crippen molar-refractivity contribution >= 4 is 11.3 Å². The van der Waals surface area contributed by atoms with Gasteiger partial charge in [-0.1, -0.05) is 29.8 Å². The highest BCUT2D eigenvalue weighted by atomic mass is 32.1. The van der Waals surface area contributed by atoms with Crippen molar-refractivity contribution in [3.05, 3.63) is 40.9 Å². The van der Waals surface area contributed by atoms with Gasteiger partial charge in [-0.25, -0.2) is 4.98 Å². The van der Waals surface area contributed by atoms with Crippen LogP contribution in [0.2, 0.25) is 0 Å². The van der Waals surface area contributed by atoms with Crippen LogP contribution in [0.15, 0.2) is 29.6 Å². The van der Waals surface area contributed by atoms with E-state index in [-0.39, 0.29) is 6.10 Å². The Hall–Kier alpha value is -1.27. The average Bonchev–Trinajstić information content (AvgIpc) is 3.06. The van der Waals surface area contributed by atoms with Crippen LogP contribution in [0.5, 0.6) is 0 Å². The van der Waals surface area contributed by atoms with E-state index in [2.05, 4.69) is 46.8 Å². The Balaban J connectivity index is 1.36. The van der Waals surface area contributed by atoms with E-state index >= 15 is 0 Å². The first-order valence-corrected chi connectivity index (χ1v) is 9.71. The van der Waals surface area contributed by atoms with E-state index < -0.39 is 0 Å². The number of hydrogen-bond donors (Lipinski definition) is 2. The first kappa shape index (κ1) is 17.5. The van der Waals surface area contributed by atoms with E-state index in [1.807, 2.05) is 0 Å². The van der Waals surface area contributed by atoms with Crippen molar-refractivity contribution in [1.29, 1.82) is 0 Å². The number of hydrogen-bond acceptors (Lipinski definition) is 5. The molecule has 0 bridgehead atoms. The number of aliphatic hydroxyl groups excluding tert-OH is 1. The number of benzene rings is 1. The summed E-state index contributed by atoms with van der Waals surface area (Å²) in [5, 5.41) is 16.3. The number of aliphatic hydroxyl groups is 1. The molecule has 1 aromatic heterocycles. The summed E-state index contributed by atoms with van der Waals surface area (Å²) in [4.78, 5) is 7.17. The van der Waals surface area contributed by atoms with E-state index in [0.29, 0.717) is 0 Å². The summed E-state index contributed by atoms with van der Waals surface area (Å²) >= 11 is 1.71. The van der Waals surface area contributed by atoms with Crippen LogP contribution in [-0.2, 0) is 6.54 Å². The molecule has 130 valence electrons. The van der Waals surface area contributed by atoms with E-state index in [1.165, 1.54) is 11.1 Å². The minimum atomic E-state index is -0.0771. The first-order chi connectivity index (χ1) is 11.7. The summed E-state index contributed by atoms with van der Waals surface area (Å²) in [6, 6.07) is 8.55. The molecule has 0 amide bonds. The van der Waals surface area contributed by atoms with Crippen molar-refractivity contribution in [2.24, 2.45) is 0 Å². The van der Waals surface area contributed by atoms with Gasteiger partial charge in [0, 0.05) is 30.6 Å². The molecule has 3 rings (SSSR count). The van der Waals surface area contributed by atoms with Crippen molar-refractivity contribution in [2.75, 3.05) is 26.2 Å². The third-order valence-corrected chi connectivity index (χ3v) is 5.48. The fraction of sp³-hybridized carbons (Fsp3) is 0.526. The number of likely N-dealkylation sites (tertiary alicyclic amines) is 1. The normalized spacial score (nSPS) is 16.6. The smallest absolute Gasteiger partial charge is 0.123 e. The Morgan fingerprint density at radius 3 is 2.75 bits per heavy atom. The molecule has 0 radical (unpaired) electrons. The second-order valence-electron chi connectivity index (χ2n) is 6.61. The predicted octanol–water partition coefficient (Wildman–Crippen LogP) is 3.05. The van der Waals surface area contributed by atoms with Gasteiger partial charge >= 0.3 is 0 Å². The van der Waals surface area contributed by atoms with Crippen LogP contribution in [0.3, 0.4) is 0 Å². The first-order valence-electron chi connectivity index (χ1n) is 8.83. The molecule has 2 N–H and O–H groups in total. The highest BCUT2D eigenvalue weighted by Crippen LogP contribution is 2.23. The summed E-state index contributed by atoms with van der Waals surface area (Å²) in [6.45, 7) is 7.14. The molecular formula is C19H27N3OS. The minimum absolute atomic E-state index is 0.0771. The molecule has 1 aromatic carbocycles. The van der Waals surface area contributed by atoms with E-state index in [1.54, 1.807) is 11.3 Å². The molecule has 4 nitrogen and oxygen atoms in total. The van der Waals surface area contributed by atoms with Crippen LogP contribution in [0.1, 0.15) is 30.5 Å². The quantitative estimate of drug-likeness (QED) is 0.757. The fourth-order valence-electron chi connectivity index (χ4n) is 3.00. The van der Waals surface area contributed by atoms with Gasteiger partial charge in [0.05, 0.1) is 11.8 Å². The van der Waals surface area contributed by atoms with Crippen molar-refractivity contribution < 1.29 is 5.11 Å². The number of thiazole rings is 1. The number of rotatable bonds is 7. The molecule has 1 fully saturated rings. The third kappa shape index (κ3) is 5.11. The van der Waals surface area contributed by atoms with Crippen LogP contribution < -0.4 is 5.32 Å². The summed E-state index contributed by atoms with van der Waals surface area (Å²) < 4.78 is 0. The molecule has 0 saturated carbocycles. The average molecular weight is 346 g/mol. The zero-order valence-corrected chi connectivity index (χ0v) is 15.2. The lowest BCUT2D eigenvalue weighted by Gasteiger charge is -2.29. The van der Waals surface area contributed by atoms with Crippen molar-refractivity contribution in [2.45, 2.75) is 38.8 Å². The van der Waals surface area contributed by atoms with Crippen molar-refractivity contribution in [1.82, 2.24) is 15.2 Å². The van der Waals surface area contributed by atoms with Gasteiger partial charge in [0.2, 0.25) is 0 Å². The molecule has 2 aromatic rings. The van der Waals surface area contributed by atoms with Crippen LogP contribution in [0.4, 0.5) is 0 Å². The largest absolute Gasteiger partial charge is 0.393 e. The zero-order valence-electron chi connectivity index (χ0n) is 14.4. The topological polar surface area (TPSA) is 48.4 Å². The molecular weight excluding hydrogens is 318 g/mol. The number of piperidine rings is 1. The van der Waals surface area contributed by atoms with Gasteiger partial charge in [0.1, 0.15) is 5.01 Å². The molecule has 2 heterocycles. The summed E-state index contributed by atoms with van der Waals surface area (Å²) in [5.41, 5.74) is 3.60. The number of nitrogens with one attached hydrogen (secondary N) is 1. The van der Waals surface area contributed by atoms with Gasteiger partial charge in [-0.05, 0) is 39.3 Å². The molecule has 0 unspecified atom stereocenters. The molecule has 5 heteroatoms. The minimum Gasteiger partial charge on any atom is -0.393 e. The van der Waals surface area contributed by atoms with E-state index in [0.717, 1.165) is 62.7 Å². The van der Waals surface area contributed by atoms with Gasteiger partial charge in [0.25, 0.3) is 0 Å². The standard InChI is InChI=1S/C19H27N3OS/c1-15-3-5-16(6-4-15)19-21-17(14-24-19)13-20-9-2-10-22-11-7-18(23)8-12-22/h3-6,14,18,20,23H,2,7-13H2,1H3. The summed E-state index contributed by atoms with van der Waals surface area (Å²) in [7, 11) is 0. The lowest BCUT2D eigenvalue weighted by Crippen LogP contribution is -2.37. The van der Waals surface area contributed by atoms with Gasteiger partial charge in [-0.3, -0.25) is 0 Å². The Morgan fingerprint density at radius 1 is 1.25 bits per heavy atom. The molecule has 1 aliphatic rings. The van der Waals surface area contributed by atoms with Gasteiger partial charge in [0.15, 0.2) is 0 Å². The van der Waals surface area contributed by atoms with Gasteiger partial charge in [-0.2, -0.15) is 0 Å². The number of nitrogens with zero attached hydrogens (tertiary/aromatic N) is 2.